The number of halogens is 1. The Labute approximate surface area is 139 Å². The maximum absolute atomic E-state index is 11.8. The molecule has 1 heterocycles. The lowest BCUT2D eigenvalue weighted by molar-refractivity contribution is -0.121. The highest BCUT2D eigenvalue weighted by atomic mass is 35.5. The Morgan fingerprint density at radius 2 is 2.09 bits per heavy atom. The molecule has 122 valence electrons. The van der Waals surface area contributed by atoms with E-state index in [0.29, 0.717) is 17.9 Å². The van der Waals surface area contributed by atoms with Crippen molar-refractivity contribution in [3.63, 3.8) is 0 Å². The van der Waals surface area contributed by atoms with Gasteiger partial charge in [-0.05, 0) is 30.2 Å². The van der Waals surface area contributed by atoms with Gasteiger partial charge < -0.3 is 15.0 Å². The molecule has 1 unspecified atom stereocenters. The minimum atomic E-state index is -0.815. The molecule has 2 rings (SSSR count). The third-order valence-electron chi connectivity index (χ3n) is 3.37. The van der Waals surface area contributed by atoms with Gasteiger partial charge in [-0.25, -0.2) is 0 Å². The second kappa shape index (κ2) is 8.50. The number of aliphatic hydroxyl groups is 1. The van der Waals surface area contributed by atoms with E-state index < -0.39 is 6.10 Å². The van der Waals surface area contributed by atoms with E-state index >= 15 is 0 Å². The van der Waals surface area contributed by atoms with Crippen LogP contribution in [0.3, 0.4) is 0 Å². The number of benzene rings is 1. The molecule has 1 aromatic heterocycles. The quantitative estimate of drug-likeness (QED) is 0.808. The van der Waals surface area contributed by atoms with Crippen LogP contribution >= 0.6 is 11.6 Å². The zero-order valence-electron chi connectivity index (χ0n) is 12.6. The molecule has 0 radical (unpaired) electrons. The number of hydrogen-bond donors (Lipinski definition) is 2. The normalized spacial score (nSPS) is 11.9. The van der Waals surface area contributed by atoms with Gasteiger partial charge in [0.2, 0.25) is 5.91 Å². The van der Waals surface area contributed by atoms with E-state index in [1.807, 2.05) is 18.2 Å². The number of hydrogen-bond acceptors (Lipinski definition) is 3. The molecule has 2 N–H and O–H groups in total. The van der Waals surface area contributed by atoms with Crippen LogP contribution in [0.4, 0.5) is 0 Å². The predicted molar refractivity (Wildman–Crippen MR) is 89.5 cm³/mol. The van der Waals surface area contributed by atoms with Crippen molar-refractivity contribution in [2.24, 2.45) is 0 Å². The summed E-state index contributed by atoms with van der Waals surface area (Å²) in [5.41, 5.74) is 0.808. The second-order valence-electron chi connectivity index (χ2n) is 5.28. The molecule has 0 spiro atoms. The fourth-order valence-corrected chi connectivity index (χ4v) is 2.39. The van der Waals surface area contributed by atoms with Gasteiger partial charge in [0.25, 0.3) is 5.56 Å². The number of carbonyl (C=O) groups excluding carboxylic acids is 1. The molecule has 0 aliphatic rings. The first kappa shape index (κ1) is 17.2. The lowest BCUT2D eigenvalue weighted by atomic mass is 10.1. The van der Waals surface area contributed by atoms with Gasteiger partial charge >= 0.3 is 0 Å². The number of carbonyl (C=O) groups is 1. The number of aryl methyl sites for hydroxylation is 1. The lowest BCUT2D eigenvalue weighted by Gasteiger charge is -2.13. The van der Waals surface area contributed by atoms with Crippen molar-refractivity contribution in [1.29, 1.82) is 0 Å². The Hall–Kier alpha value is -2.11. The molecule has 0 fully saturated rings. The van der Waals surface area contributed by atoms with E-state index in [1.165, 1.54) is 10.6 Å². The van der Waals surface area contributed by atoms with Crippen LogP contribution in [0.5, 0.6) is 0 Å². The molecule has 0 aliphatic carbocycles. The summed E-state index contributed by atoms with van der Waals surface area (Å²) >= 11 is 5.89. The van der Waals surface area contributed by atoms with Crippen LogP contribution in [-0.2, 0) is 17.8 Å². The van der Waals surface area contributed by atoms with Gasteiger partial charge in [0.05, 0.1) is 12.6 Å². The van der Waals surface area contributed by atoms with Crippen molar-refractivity contribution >= 4 is 17.5 Å². The molecule has 1 amide bonds. The van der Waals surface area contributed by atoms with E-state index in [1.54, 1.807) is 24.4 Å². The Morgan fingerprint density at radius 1 is 1.26 bits per heavy atom. The molecule has 0 bridgehead atoms. The van der Waals surface area contributed by atoms with Gasteiger partial charge in [-0.1, -0.05) is 29.8 Å². The number of pyridine rings is 1. The van der Waals surface area contributed by atoms with E-state index in [2.05, 4.69) is 5.32 Å². The Bertz CT molecular complexity index is 715. The summed E-state index contributed by atoms with van der Waals surface area (Å²) in [5.74, 6) is -0.149. The lowest BCUT2D eigenvalue weighted by Crippen LogP contribution is -2.36. The van der Waals surface area contributed by atoms with Crippen LogP contribution in [0.1, 0.15) is 12.0 Å². The minimum absolute atomic E-state index is 0.107. The highest BCUT2D eigenvalue weighted by molar-refractivity contribution is 6.30. The molecule has 0 saturated heterocycles. The van der Waals surface area contributed by atoms with Crippen LogP contribution < -0.4 is 10.9 Å². The van der Waals surface area contributed by atoms with Crippen LogP contribution in [0, 0.1) is 0 Å². The maximum atomic E-state index is 11.8. The largest absolute Gasteiger partial charge is 0.389 e. The molecule has 1 aromatic carbocycles. The number of aromatic nitrogens is 1. The SMILES string of the molecule is O=C(CCc1cccc(Cl)c1)NCC(O)Cn1ccccc1=O. The zero-order valence-corrected chi connectivity index (χ0v) is 13.4. The molecule has 0 aliphatic heterocycles. The number of rotatable bonds is 7. The second-order valence-corrected chi connectivity index (χ2v) is 5.72. The number of amides is 1. The van der Waals surface area contributed by atoms with Gasteiger partial charge in [-0.3, -0.25) is 9.59 Å². The first-order valence-electron chi connectivity index (χ1n) is 7.39. The molecule has 0 saturated carbocycles. The Balaban J connectivity index is 1.73. The van der Waals surface area contributed by atoms with Gasteiger partial charge in [0.15, 0.2) is 0 Å². The standard InChI is InChI=1S/C17H19ClN2O3/c18-14-5-3-4-13(10-14)7-8-16(22)19-11-15(21)12-20-9-2-1-6-17(20)23/h1-6,9-10,15,21H,7-8,11-12H2,(H,19,22). The fourth-order valence-electron chi connectivity index (χ4n) is 2.17. The van der Waals surface area contributed by atoms with Gasteiger partial charge in [0.1, 0.15) is 0 Å². The summed E-state index contributed by atoms with van der Waals surface area (Å²) in [6.45, 7) is 0.254. The number of nitrogens with zero attached hydrogens (tertiary/aromatic N) is 1. The van der Waals surface area contributed by atoms with Gasteiger partial charge in [0, 0.05) is 30.3 Å². The molecule has 23 heavy (non-hydrogen) atoms. The van der Waals surface area contributed by atoms with Crippen molar-refractivity contribution in [2.45, 2.75) is 25.5 Å². The van der Waals surface area contributed by atoms with Crippen LogP contribution in [0.15, 0.2) is 53.5 Å². The summed E-state index contributed by atoms with van der Waals surface area (Å²) in [4.78, 5) is 23.3. The summed E-state index contributed by atoms with van der Waals surface area (Å²) in [6, 6.07) is 12.2. The highest BCUT2D eigenvalue weighted by Crippen LogP contribution is 2.12. The zero-order chi connectivity index (χ0) is 16.7. The van der Waals surface area contributed by atoms with Crippen LogP contribution in [0.2, 0.25) is 5.02 Å². The Morgan fingerprint density at radius 3 is 2.83 bits per heavy atom. The van der Waals surface area contributed by atoms with Crippen LogP contribution in [0.25, 0.3) is 0 Å². The molecule has 5 nitrogen and oxygen atoms in total. The number of aliphatic hydroxyl groups excluding tert-OH is 1. The topological polar surface area (TPSA) is 71.3 Å². The summed E-state index contributed by atoms with van der Waals surface area (Å²) in [5, 5.41) is 13.2. The number of nitrogens with one attached hydrogen (secondary N) is 1. The van der Waals surface area contributed by atoms with Crippen molar-refractivity contribution in [2.75, 3.05) is 6.54 Å². The summed E-state index contributed by atoms with van der Waals surface area (Å²) in [6.07, 6.45) is 1.69. The molecule has 2 aromatic rings. The third-order valence-corrected chi connectivity index (χ3v) is 3.61. The Kier molecular flexibility index (Phi) is 6.38. The van der Waals surface area contributed by atoms with Crippen molar-refractivity contribution < 1.29 is 9.90 Å². The van der Waals surface area contributed by atoms with Crippen molar-refractivity contribution in [3.05, 3.63) is 69.6 Å². The monoisotopic (exact) mass is 334 g/mol. The van der Waals surface area contributed by atoms with Gasteiger partial charge in [-0.2, -0.15) is 0 Å². The average Bonchev–Trinajstić information content (AvgIpc) is 2.53. The van der Waals surface area contributed by atoms with E-state index in [4.69, 9.17) is 11.6 Å². The first-order valence-corrected chi connectivity index (χ1v) is 7.77. The predicted octanol–water partition coefficient (Wildman–Crippen LogP) is 1.61. The van der Waals surface area contributed by atoms with Crippen molar-refractivity contribution in [3.8, 4) is 0 Å². The van der Waals surface area contributed by atoms with Gasteiger partial charge in [-0.15, -0.1) is 0 Å². The maximum Gasteiger partial charge on any atom is 0.250 e. The summed E-state index contributed by atoms with van der Waals surface area (Å²) in [7, 11) is 0. The van der Waals surface area contributed by atoms with E-state index in [-0.39, 0.29) is 24.6 Å². The third kappa shape index (κ3) is 5.88. The molecule has 6 heteroatoms. The first-order chi connectivity index (χ1) is 11.0. The minimum Gasteiger partial charge on any atom is -0.389 e. The molecular formula is C17H19ClN2O3. The van der Waals surface area contributed by atoms with Crippen LogP contribution in [-0.4, -0.2) is 28.2 Å². The van der Waals surface area contributed by atoms with E-state index in [9.17, 15) is 14.7 Å². The molecule has 1 atom stereocenters. The fraction of sp³-hybridized carbons (Fsp3) is 0.294. The average molecular weight is 335 g/mol. The van der Waals surface area contributed by atoms with E-state index in [0.717, 1.165) is 5.56 Å². The van der Waals surface area contributed by atoms with Crippen molar-refractivity contribution in [1.82, 2.24) is 9.88 Å². The highest BCUT2D eigenvalue weighted by Gasteiger charge is 2.09. The molecular weight excluding hydrogens is 316 g/mol. The summed E-state index contributed by atoms with van der Waals surface area (Å²) < 4.78 is 1.41. The smallest absolute Gasteiger partial charge is 0.250 e.